The number of rotatable bonds is 1. The lowest BCUT2D eigenvalue weighted by Gasteiger charge is -2.09. The highest BCUT2D eigenvalue weighted by Crippen LogP contribution is 2.34. The quantitative estimate of drug-likeness (QED) is 0.724. The highest BCUT2D eigenvalue weighted by molar-refractivity contribution is 5.89. The summed E-state index contributed by atoms with van der Waals surface area (Å²) in [5, 5.41) is 10.2. The number of nitrogens with one attached hydrogen (secondary N) is 1. The summed E-state index contributed by atoms with van der Waals surface area (Å²) >= 11 is 0. The third-order valence-electron chi connectivity index (χ3n) is 3.02. The van der Waals surface area contributed by atoms with Crippen LogP contribution in [0.1, 0.15) is 0 Å². The minimum absolute atomic E-state index is 0.0756. The number of hydrogen-bond donors (Lipinski definition) is 2. The van der Waals surface area contributed by atoms with Gasteiger partial charge in [0, 0.05) is 18.3 Å². The first-order valence-electron chi connectivity index (χ1n) is 5.84. The zero-order valence-electron chi connectivity index (χ0n) is 10.3. The first-order valence-corrected chi connectivity index (χ1v) is 5.84. The maximum absolute atomic E-state index is 13.8. The highest BCUT2D eigenvalue weighted by atomic mass is 19.1. The lowest BCUT2D eigenvalue weighted by molar-refractivity contribution is 0.480. The molecule has 0 aliphatic heterocycles. The number of hydrogen-bond acceptors (Lipinski definition) is 3. The van der Waals surface area contributed by atoms with Crippen molar-refractivity contribution in [3.05, 3.63) is 58.3 Å². The van der Waals surface area contributed by atoms with Crippen LogP contribution in [0.15, 0.2) is 35.3 Å². The fraction of sp³-hybridized carbons (Fsp3) is 0. The third kappa shape index (κ3) is 2.03. The van der Waals surface area contributed by atoms with Crippen LogP contribution in [0.5, 0.6) is 5.75 Å². The van der Waals surface area contributed by atoms with Crippen LogP contribution in [-0.4, -0.2) is 15.1 Å². The minimum Gasteiger partial charge on any atom is -0.506 e. The van der Waals surface area contributed by atoms with Crippen LogP contribution in [0.25, 0.3) is 22.2 Å². The van der Waals surface area contributed by atoms with Gasteiger partial charge in [-0.3, -0.25) is 4.79 Å². The van der Waals surface area contributed by atoms with Gasteiger partial charge in [-0.25, -0.2) is 18.2 Å². The molecule has 0 bridgehead atoms. The third-order valence-corrected chi connectivity index (χ3v) is 3.02. The molecule has 7 heteroatoms. The molecule has 21 heavy (non-hydrogen) atoms. The molecule has 1 aromatic carbocycles. The Bertz CT molecular complexity index is 899. The summed E-state index contributed by atoms with van der Waals surface area (Å²) < 4.78 is 40.5. The Balaban J connectivity index is 2.44. The van der Waals surface area contributed by atoms with Crippen LogP contribution in [0.4, 0.5) is 13.2 Å². The van der Waals surface area contributed by atoms with Gasteiger partial charge in [0.1, 0.15) is 28.8 Å². The first kappa shape index (κ1) is 13.2. The molecule has 3 rings (SSSR count). The number of fused-ring (bicyclic) bond motifs is 1. The van der Waals surface area contributed by atoms with E-state index in [1.165, 1.54) is 18.3 Å². The van der Waals surface area contributed by atoms with Gasteiger partial charge in [-0.2, -0.15) is 0 Å². The first-order chi connectivity index (χ1) is 9.99. The summed E-state index contributed by atoms with van der Waals surface area (Å²) in [7, 11) is 0. The molecule has 0 amide bonds. The molecule has 0 spiro atoms. The molecule has 0 aliphatic rings. The summed E-state index contributed by atoms with van der Waals surface area (Å²) in [6.07, 6.45) is 1.39. The lowest BCUT2D eigenvalue weighted by Crippen LogP contribution is -2.12. The summed E-state index contributed by atoms with van der Waals surface area (Å²) in [5.74, 6) is -4.30. The zero-order valence-corrected chi connectivity index (χ0v) is 10.3. The SMILES string of the molecule is O=c1[nH]c2ncccc2c(O)c1-c1c(F)cc(F)cc1F. The molecule has 0 atom stereocenters. The Morgan fingerprint density at radius 1 is 1.10 bits per heavy atom. The Labute approximate surface area is 115 Å². The standard InChI is InChI=1S/C14H7F3N2O2/c15-6-4-8(16)10(9(17)5-6)11-12(20)7-2-1-3-18-13(7)19-14(11)21/h1-5H,(H2,18,19,20,21). The van der Waals surface area contributed by atoms with Crippen molar-refractivity contribution in [3.63, 3.8) is 0 Å². The van der Waals surface area contributed by atoms with E-state index in [1.54, 1.807) is 0 Å². The van der Waals surface area contributed by atoms with Crippen LogP contribution in [0, 0.1) is 17.5 Å². The van der Waals surface area contributed by atoms with Crippen molar-refractivity contribution in [1.29, 1.82) is 0 Å². The van der Waals surface area contributed by atoms with Crippen LogP contribution < -0.4 is 5.56 Å². The second-order valence-corrected chi connectivity index (χ2v) is 4.32. The monoisotopic (exact) mass is 292 g/mol. The molecule has 106 valence electrons. The van der Waals surface area contributed by atoms with E-state index >= 15 is 0 Å². The average Bonchev–Trinajstić information content (AvgIpc) is 2.41. The number of benzene rings is 1. The summed E-state index contributed by atoms with van der Waals surface area (Å²) in [6, 6.07) is 3.79. The Kier molecular flexibility index (Phi) is 2.90. The lowest BCUT2D eigenvalue weighted by atomic mass is 10.0. The van der Waals surface area contributed by atoms with Crippen molar-refractivity contribution in [2.45, 2.75) is 0 Å². The molecule has 0 aliphatic carbocycles. The Hall–Kier alpha value is -2.83. The second kappa shape index (κ2) is 4.62. The number of aromatic amines is 1. The maximum Gasteiger partial charge on any atom is 0.261 e. The van der Waals surface area contributed by atoms with E-state index in [-0.39, 0.29) is 11.0 Å². The van der Waals surface area contributed by atoms with Gasteiger partial charge in [0.25, 0.3) is 5.56 Å². The molecule has 0 saturated heterocycles. The average molecular weight is 292 g/mol. The number of aromatic nitrogens is 2. The molecule has 0 saturated carbocycles. The second-order valence-electron chi connectivity index (χ2n) is 4.32. The molecule has 0 radical (unpaired) electrons. The number of H-pyrrole nitrogens is 1. The van der Waals surface area contributed by atoms with Gasteiger partial charge in [0.15, 0.2) is 0 Å². The highest BCUT2D eigenvalue weighted by Gasteiger charge is 2.22. The van der Waals surface area contributed by atoms with Crippen molar-refractivity contribution in [2.24, 2.45) is 0 Å². The van der Waals surface area contributed by atoms with E-state index in [0.29, 0.717) is 12.1 Å². The van der Waals surface area contributed by atoms with Crippen LogP contribution in [0.2, 0.25) is 0 Å². The molecule has 4 nitrogen and oxygen atoms in total. The summed E-state index contributed by atoms with van der Waals surface area (Å²) in [6.45, 7) is 0. The fourth-order valence-electron chi connectivity index (χ4n) is 2.12. The predicted octanol–water partition coefficient (Wildman–Crippen LogP) is 2.71. The topological polar surface area (TPSA) is 66.0 Å². The van der Waals surface area contributed by atoms with Gasteiger partial charge < -0.3 is 10.1 Å². The van der Waals surface area contributed by atoms with Crippen molar-refractivity contribution in [3.8, 4) is 16.9 Å². The van der Waals surface area contributed by atoms with Crippen molar-refractivity contribution in [2.75, 3.05) is 0 Å². The van der Waals surface area contributed by atoms with Crippen molar-refractivity contribution in [1.82, 2.24) is 9.97 Å². The molecule has 2 heterocycles. The van der Waals surface area contributed by atoms with Gasteiger partial charge in [0.2, 0.25) is 0 Å². The normalized spacial score (nSPS) is 11.0. The van der Waals surface area contributed by atoms with E-state index in [4.69, 9.17) is 0 Å². The summed E-state index contributed by atoms with van der Waals surface area (Å²) in [5.41, 5.74) is -2.25. The van der Waals surface area contributed by atoms with Crippen LogP contribution in [0.3, 0.4) is 0 Å². The number of halogens is 3. The molecular formula is C14H7F3N2O2. The molecule has 2 aromatic heterocycles. The Morgan fingerprint density at radius 2 is 1.76 bits per heavy atom. The predicted molar refractivity (Wildman–Crippen MR) is 69.3 cm³/mol. The molecule has 3 aromatic rings. The van der Waals surface area contributed by atoms with Crippen LogP contribution in [-0.2, 0) is 0 Å². The fourth-order valence-corrected chi connectivity index (χ4v) is 2.12. The summed E-state index contributed by atoms with van der Waals surface area (Å²) in [4.78, 5) is 18.1. The van der Waals surface area contributed by atoms with Gasteiger partial charge in [-0.05, 0) is 12.1 Å². The van der Waals surface area contributed by atoms with Gasteiger partial charge in [-0.15, -0.1) is 0 Å². The number of pyridine rings is 2. The van der Waals surface area contributed by atoms with E-state index in [2.05, 4.69) is 9.97 Å². The number of nitrogens with zero attached hydrogens (tertiary/aromatic N) is 1. The molecule has 0 fully saturated rings. The van der Waals surface area contributed by atoms with E-state index < -0.39 is 39.9 Å². The van der Waals surface area contributed by atoms with E-state index in [0.717, 1.165) is 0 Å². The van der Waals surface area contributed by atoms with Gasteiger partial charge >= 0.3 is 0 Å². The molecular weight excluding hydrogens is 285 g/mol. The van der Waals surface area contributed by atoms with E-state index in [1.807, 2.05) is 0 Å². The minimum atomic E-state index is -1.28. The largest absolute Gasteiger partial charge is 0.506 e. The van der Waals surface area contributed by atoms with Crippen molar-refractivity contribution < 1.29 is 18.3 Å². The van der Waals surface area contributed by atoms with Gasteiger partial charge in [0.05, 0.1) is 16.5 Å². The zero-order chi connectivity index (χ0) is 15.1. The van der Waals surface area contributed by atoms with E-state index in [9.17, 15) is 23.1 Å². The van der Waals surface area contributed by atoms with Crippen molar-refractivity contribution >= 4 is 11.0 Å². The van der Waals surface area contributed by atoms with Gasteiger partial charge in [-0.1, -0.05) is 0 Å². The maximum atomic E-state index is 13.8. The number of aromatic hydroxyl groups is 1. The smallest absolute Gasteiger partial charge is 0.261 e. The van der Waals surface area contributed by atoms with Crippen LogP contribution >= 0.6 is 0 Å². The molecule has 0 unspecified atom stereocenters. The molecule has 2 N–H and O–H groups in total. The Morgan fingerprint density at radius 3 is 2.43 bits per heavy atom.